The summed E-state index contributed by atoms with van der Waals surface area (Å²) < 4.78 is 0. The second-order valence-corrected chi connectivity index (χ2v) is 4.55. The zero-order valence-electron chi connectivity index (χ0n) is 10.3. The van der Waals surface area contributed by atoms with Crippen molar-refractivity contribution >= 4 is 17.5 Å². The van der Waals surface area contributed by atoms with Crippen LogP contribution in [0.4, 0.5) is 0 Å². The molecule has 0 unspecified atom stereocenters. The Morgan fingerprint density at radius 3 is 2.82 bits per heavy atom. The van der Waals surface area contributed by atoms with Gasteiger partial charge in [-0.2, -0.15) is 0 Å². The molecule has 5 heteroatoms. The van der Waals surface area contributed by atoms with E-state index in [1.165, 1.54) is 6.07 Å². The van der Waals surface area contributed by atoms with Crippen molar-refractivity contribution in [3.05, 3.63) is 28.5 Å². The molecule has 94 valence electrons. The van der Waals surface area contributed by atoms with Crippen LogP contribution in [0, 0.1) is 5.92 Å². The summed E-state index contributed by atoms with van der Waals surface area (Å²) in [6, 6.07) is 3.23. The van der Waals surface area contributed by atoms with Gasteiger partial charge in [0.1, 0.15) is 5.15 Å². The van der Waals surface area contributed by atoms with Crippen LogP contribution >= 0.6 is 11.6 Å². The molecule has 0 aromatic carbocycles. The van der Waals surface area contributed by atoms with Gasteiger partial charge in [0.2, 0.25) is 0 Å². The molecule has 4 nitrogen and oxygen atoms in total. The van der Waals surface area contributed by atoms with Gasteiger partial charge in [0, 0.05) is 11.3 Å². The summed E-state index contributed by atoms with van der Waals surface area (Å²) in [6.07, 6.45) is 0.730. The molecule has 1 N–H and O–H groups in total. The van der Waals surface area contributed by atoms with E-state index in [9.17, 15) is 4.79 Å². The highest BCUT2D eigenvalue weighted by Crippen LogP contribution is 2.11. The van der Waals surface area contributed by atoms with Gasteiger partial charge in [-0.3, -0.25) is 9.63 Å². The van der Waals surface area contributed by atoms with Gasteiger partial charge in [-0.05, 0) is 24.5 Å². The Balaban J connectivity index is 2.65. The average Bonchev–Trinajstić information content (AvgIpc) is 2.27. The summed E-state index contributed by atoms with van der Waals surface area (Å²) >= 11 is 5.83. The van der Waals surface area contributed by atoms with Crippen LogP contribution in [0.5, 0.6) is 0 Å². The first-order valence-electron chi connectivity index (χ1n) is 5.61. The van der Waals surface area contributed by atoms with Gasteiger partial charge in [-0.15, -0.1) is 0 Å². The molecule has 0 aliphatic carbocycles. The molecule has 0 aliphatic heterocycles. The minimum absolute atomic E-state index is 0.301. The molecule has 1 aromatic rings. The molecule has 1 heterocycles. The molecule has 0 saturated carbocycles. The quantitative estimate of drug-likeness (QED) is 0.651. The lowest BCUT2D eigenvalue weighted by atomic mass is 10.2. The third-order valence-corrected chi connectivity index (χ3v) is 2.25. The minimum atomic E-state index is -0.301. The first kappa shape index (κ1) is 13.9. The number of pyridine rings is 1. The van der Waals surface area contributed by atoms with E-state index in [4.69, 9.17) is 16.4 Å². The standard InChI is InChI=1S/C12H17ClN2O2/c1-4-10-5-9(6-11(13)14-10)12(16)15-17-7-8(2)3/h5-6,8H,4,7H2,1-3H3,(H,15,16). The fraction of sp³-hybridized carbons (Fsp3) is 0.500. The van der Waals surface area contributed by atoms with Crippen molar-refractivity contribution < 1.29 is 9.63 Å². The van der Waals surface area contributed by atoms with E-state index >= 15 is 0 Å². The number of nitrogens with zero attached hydrogens (tertiary/aromatic N) is 1. The summed E-state index contributed by atoms with van der Waals surface area (Å²) in [5, 5.41) is 0.318. The van der Waals surface area contributed by atoms with Crippen LogP contribution in [0.3, 0.4) is 0 Å². The predicted octanol–water partition coefficient (Wildman–Crippen LogP) is 2.61. The van der Waals surface area contributed by atoms with Crippen LogP contribution in [0.1, 0.15) is 36.8 Å². The van der Waals surface area contributed by atoms with Crippen molar-refractivity contribution in [2.45, 2.75) is 27.2 Å². The van der Waals surface area contributed by atoms with Gasteiger partial charge in [-0.1, -0.05) is 32.4 Å². The van der Waals surface area contributed by atoms with Crippen molar-refractivity contribution in [3.63, 3.8) is 0 Å². The van der Waals surface area contributed by atoms with E-state index in [1.807, 2.05) is 20.8 Å². The predicted molar refractivity (Wildman–Crippen MR) is 66.9 cm³/mol. The Labute approximate surface area is 106 Å². The summed E-state index contributed by atoms with van der Waals surface area (Å²) in [4.78, 5) is 20.9. The number of halogens is 1. The second kappa shape index (κ2) is 6.57. The molecule has 0 atom stereocenters. The molecule has 17 heavy (non-hydrogen) atoms. The van der Waals surface area contributed by atoms with Gasteiger partial charge >= 0.3 is 0 Å². The summed E-state index contributed by atoms with van der Waals surface area (Å²) in [6.45, 7) is 6.44. The van der Waals surface area contributed by atoms with Crippen LogP contribution in [0.15, 0.2) is 12.1 Å². The Bertz CT molecular complexity index is 394. The van der Waals surface area contributed by atoms with E-state index < -0.39 is 0 Å². The monoisotopic (exact) mass is 256 g/mol. The van der Waals surface area contributed by atoms with E-state index in [0.717, 1.165) is 12.1 Å². The Kier molecular flexibility index (Phi) is 5.38. The minimum Gasteiger partial charge on any atom is -0.273 e. The summed E-state index contributed by atoms with van der Waals surface area (Å²) in [5.41, 5.74) is 3.63. The fourth-order valence-corrected chi connectivity index (χ4v) is 1.42. The van der Waals surface area contributed by atoms with Gasteiger partial charge < -0.3 is 0 Å². The van der Waals surface area contributed by atoms with E-state index in [-0.39, 0.29) is 5.91 Å². The number of rotatable bonds is 5. The maximum absolute atomic E-state index is 11.7. The maximum Gasteiger partial charge on any atom is 0.275 e. The van der Waals surface area contributed by atoms with Gasteiger partial charge in [0.05, 0.1) is 6.61 Å². The molecule has 0 spiro atoms. The Morgan fingerprint density at radius 2 is 2.24 bits per heavy atom. The molecule has 0 aliphatic rings. The number of aromatic nitrogens is 1. The van der Waals surface area contributed by atoms with Crippen LogP contribution in [-0.4, -0.2) is 17.5 Å². The lowest BCUT2D eigenvalue weighted by molar-refractivity contribution is 0.0208. The molecule has 1 amide bonds. The molecule has 1 aromatic heterocycles. The topological polar surface area (TPSA) is 51.2 Å². The number of amides is 1. The Morgan fingerprint density at radius 1 is 1.53 bits per heavy atom. The number of nitrogens with one attached hydrogen (secondary N) is 1. The lowest BCUT2D eigenvalue weighted by Gasteiger charge is -2.08. The van der Waals surface area contributed by atoms with E-state index in [2.05, 4.69) is 10.5 Å². The number of hydrogen-bond donors (Lipinski definition) is 1. The van der Waals surface area contributed by atoms with E-state index in [0.29, 0.717) is 23.2 Å². The maximum atomic E-state index is 11.7. The van der Waals surface area contributed by atoms with Crippen LogP contribution in [-0.2, 0) is 11.3 Å². The molecule has 1 rings (SSSR count). The second-order valence-electron chi connectivity index (χ2n) is 4.16. The van der Waals surface area contributed by atoms with Crippen molar-refractivity contribution in [2.24, 2.45) is 5.92 Å². The van der Waals surface area contributed by atoms with Crippen LogP contribution in [0.25, 0.3) is 0 Å². The van der Waals surface area contributed by atoms with Crippen LogP contribution < -0.4 is 5.48 Å². The number of carbonyl (C=O) groups excluding carboxylic acids is 1. The first-order valence-corrected chi connectivity index (χ1v) is 5.99. The van der Waals surface area contributed by atoms with Gasteiger partial charge in [-0.25, -0.2) is 10.5 Å². The number of hydrogen-bond acceptors (Lipinski definition) is 3. The first-order chi connectivity index (χ1) is 8.02. The number of carbonyl (C=O) groups is 1. The highest BCUT2D eigenvalue weighted by Gasteiger charge is 2.09. The van der Waals surface area contributed by atoms with Gasteiger partial charge in [0.15, 0.2) is 0 Å². The highest BCUT2D eigenvalue weighted by atomic mass is 35.5. The summed E-state index contributed by atoms with van der Waals surface area (Å²) in [5.74, 6) is 0.0622. The molecule has 0 saturated heterocycles. The van der Waals surface area contributed by atoms with Crippen molar-refractivity contribution in [3.8, 4) is 0 Å². The van der Waals surface area contributed by atoms with Gasteiger partial charge in [0.25, 0.3) is 5.91 Å². The van der Waals surface area contributed by atoms with Crippen LogP contribution in [0.2, 0.25) is 5.15 Å². The summed E-state index contributed by atoms with van der Waals surface area (Å²) in [7, 11) is 0. The molecular weight excluding hydrogens is 240 g/mol. The zero-order chi connectivity index (χ0) is 12.8. The van der Waals surface area contributed by atoms with Crippen molar-refractivity contribution in [1.82, 2.24) is 10.5 Å². The van der Waals surface area contributed by atoms with E-state index in [1.54, 1.807) is 6.07 Å². The number of aryl methyl sites for hydroxylation is 1. The number of hydroxylamine groups is 1. The largest absolute Gasteiger partial charge is 0.275 e. The normalized spacial score (nSPS) is 10.6. The smallest absolute Gasteiger partial charge is 0.273 e. The van der Waals surface area contributed by atoms with Crippen molar-refractivity contribution in [1.29, 1.82) is 0 Å². The van der Waals surface area contributed by atoms with Crippen molar-refractivity contribution in [2.75, 3.05) is 6.61 Å². The molecular formula is C12H17ClN2O2. The zero-order valence-corrected chi connectivity index (χ0v) is 11.0. The third kappa shape index (κ3) is 4.71. The lowest BCUT2D eigenvalue weighted by Crippen LogP contribution is -2.25. The average molecular weight is 257 g/mol. The third-order valence-electron chi connectivity index (χ3n) is 2.05. The molecule has 0 fully saturated rings. The fourth-order valence-electron chi connectivity index (χ4n) is 1.20. The highest BCUT2D eigenvalue weighted by molar-refractivity contribution is 6.29. The molecule has 0 radical (unpaired) electrons. The Hall–Kier alpha value is -1.13. The molecule has 0 bridgehead atoms. The SMILES string of the molecule is CCc1cc(C(=O)NOCC(C)C)cc(Cl)n1.